The van der Waals surface area contributed by atoms with Gasteiger partial charge in [0.05, 0.1) is 42.1 Å². The Bertz CT molecular complexity index is 1110. The number of rotatable bonds is 8. The summed E-state index contributed by atoms with van der Waals surface area (Å²) in [6.45, 7) is 5.90. The largest absolute Gasteiger partial charge is 0.437 e. The minimum atomic E-state index is -1.30. The molecular formula is C23H27F3IN4O3+. The molecule has 2 aromatic rings. The van der Waals surface area contributed by atoms with E-state index in [4.69, 9.17) is 5.11 Å². The number of hydrogen-bond acceptors (Lipinski definition) is 4. The minimum Gasteiger partial charge on any atom is -0.437 e. The summed E-state index contributed by atoms with van der Waals surface area (Å²) < 4.78 is 43.5. The smallest absolute Gasteiger partial charge is 0.256 e. The molecule has 1 aliphatic heterocycles. The molecule has 0 atom stereocenters. The van der Waals surface area contributed by atoms with Crippen molar-refractivity contribution >= 4 is 45.8 Å². The summed E-state index contributed by atoms with van der Waals surface area (Å²) in [5.74, 6) is -3.97. The van der Waals surface area contributed by atoms with E-state index in [0.717, 1.165) is 12.1 Å². The zero-order chi connectivity index (χ0) is 25.3. The minimum absolute atomic E-state index is 0.0284. The lowest BCUT2D eigenvalue weighted by molar-refractivity contribution is -0.127. The van der Waals surface area contributed by atoms with Crippen LogP contribution in [0.5, 0.6) is 0 Å². The van der Waals surface area contributed by atoms with Crippen LogP contribution in [0.1, 0.15) is 31.1 Å². The van der Waals surface area contributed by atoms with Gasteiger partial charge in [0, 0.05) is 10.1 Å². The zero-order valence-corrected chi connectivity index (χ0v) is 21.1. The van der Waals surface area contributed by atoms with E-state index in [1.54, 1.807) is 19.9 Å². The van der Waals surface area contributed by atoms with Crippen LogP contribution in [-0.2, 0) is 4.79 Å². The number of hydrogen-bond donors (Lipinski definition) is 3. The molecule has 11 heteroatoms. The van der Waals surface area contributed by atoms with Gasteiger partial charge in [-0.15, -0.1) is 0 Å². The number of halogens is 4. The number of amides is 2. The summed E-state index contributed by atoms with van der Waals surface area (Å²) in [6.07, 6.45) is 0. The Morgan fingerprint density at radius 2 is 1.82 bits per heavy atom. The maximum absolute atomic E-state index is 14.6. The number of nitrogens with one attached hydrogen (secondary N) is 3. The zero-order valence-electron chi connectivity index (χ0n) is 19.0. The lowest BCUT2D eigenvalue weighted by atomic mass is 9.91. The van der Waals surface area contributed by atoms with E-state index in [1.807, 2.05) is 29.5 Å². The monoisotopic (exact) mass is 591 g/mol. The van der Waals surface area contributed by atoms with E-state index < -0.39 is 40.2 Å². The number of likely N-dealkylation sites (N-methyl/N-ethyl adjacent to an activating group) is 1. The molecule has 3 rings (SSSR count). The molecule has 0 aliphatic carbocycles. The molecule has 0 bridgehead atoms. The van der Waals surface area contributed by atoms with E-state index >= 15 is 0 Å². The first kappa shape index (κ1) is 26.2. The lowest BCUT2D eigenvalue weighted by Crippen LogP contribution is -2.69. The van der Waals surface area contributed by atoms with Gasteiger partial charge in [-0.2, -0.15) is 0 Å². The van der Waals surface area contributed by atoms with Crippen molar-refractivity contribution in [2.75, 3.05) is 31.5 Å². The Balaban J connectivity index is 1.73. The number of carbonyl (C=O) groups excluding carboxylic acids is 2. The van der Waals surface area contributed by atoms with Gasteiger partial charge in [-0.3, -0.25) is 14.9 Å². The fraction of sp³-hybridized carbons (Fsp3) is 0.391. The third-order valence-corrected chi connectivity index (χ3v) is 6.24. The molecule has 2 amide bonds. The first-order chi connectivity index (χ1) is 15.9. The molecule has 0 unspecified atom stereocenters. The van der Waals surface area contributed by atoms with E-state index in [1.165, 1.54) is 17.0 Å². The van der Waals surface area contributed by atoms with Gasteiger partial charge in [0.2, 0.25) is 11.5 Å². The van der Waals surface area contributed by atoms with E-state index in [9.17, 15) is 22.8 Å². The summed E-state index contributed by atoms with van der Waals surface area (Å²) in [7, 11) is 0. The van der Waals surface area contributed by atoms with Crippen LogP contribution in [0.4, 0.5) is 24.5 Å². The Hall–Kier alpha value is -2.38. The maximum Gasteiger partial charge on any atom is 0.256 e. The van der Waals surface area contributed by atoms with Gasteiger partial charge in [-0.25, -0.2) is 13.2 Å². The molecule has 0 spiro atoms. The fourth-order valence-electron chi connectivity index (χ4n) is 3.54. The van der Waals surface area contributed by atoms with Gasteiger partial charge in [-0.1, -0.05) is 0 Å². The molecular weight excluding hydrogens is 564 g/mol. The highest BCUT2D eigenvalue weighted by Gasteiger charge is 2.50. The van der Waals surface area contributed by atoms with Crippen LogP contribution in [0.3, 0.4) is 0 Å². The molecule has 0 saturated carbocycles. The third-order valence-electron chi connectivity index (χ3n) is 5.56. The SMILES string of the molecule is CCNC(=O)C(C)(C)NCC1([OH2+])CN(C(=O)c2ccc(F)c(F)c2Nc2ccc(I)cc2F)C1. The predicted molar refractivity (Wildman–Crippen MR) is 132 cm³/mol. The van der Waals surface area contributed by atoms with Crippen molar-refractivity contribution in [1.82, 2.24) is 15.5 Å². The van der Waals surface area contributed by atoms with Crippen LogP contribution in [-0.4, -0.2) is 59.1 Å². The van der Waals surface area contributed by atoms with Crippen molar-refractivity contribution in [2.24, 2.45) is 0 Å². The normalized spacial score (nSPS) is 15.0. The second-order valence-electron chi connectivity index (χ2n) is 8.81. The summed E-state index contributed by atoms with van der Waals surface area (Å²) >= 11 is 1.92. The van der Waals surface area contributed by atoms with Crippen LogP contribution >= 0.6 is 22.6 Å². The van der Waals surface area contributed by atoms with Gasteiger partial charge in [0.15, 0.2) is 11.6 Å². The Labute approximate surface area is 209 Å². The topological polar surface area (TPSA) is 96.4 Å². The van der Waals surface area contributed by atoms with Crippen LogP contribution in [0.2, 0.25) is 0 Å². The van der Waals surface area contributed by atoms with Gasteiger partial charge in [0.25, 0.3) is 5.91 Å². The second kappa shape index (κ2) is 10.1. The van der Waals surface area contributed by atoms with E-state index in [-0.39, 0.29) is 36.8 Å². The van der Waals surface area contributed by atoms with Crippen molar-refractivity contribution in [3.63, 3.8) is 0 Å². The molecule has 184 valence electrons. The van der Waals surface area contributed by atoms with Crippen molar-refractivity contribution in [3.8, 4) is 0 Å². The van der Waals surface area contributed by atoms with Crippen LogP contribution in [0, 0.1) is 21.0 Å². The highest BCUT2D eigenvalue weighted by molar-refractivity contribution is 14.1. The molecule has 1 fully saturated rings. The number of benzene rings is 2. The molecule has 7 nitrogen and oxygen atoms in total. The Kier molecular flexibility index (Phi) is 7.78. The number of anilines is 2. The molecule has 0 aromatic heterocycles. The van der Waals surface area contributed by atoms with Crippen molar-refractivity contribution in [3.05, 3.63) is 56.9 Å². The highest BCUT2D eigenvalue weighted by Crippen LogP contribution is 2.31. The van der Waals surface area contributed by atoms with E-state index in [0.29, 0.717) is 10.1 Å². The molecule has 5 N–H and O–H groups in total. The number of likely N-dealkylation sites (tertiary alicyclic amines) is 1. The summed E-state index contributed by atoms with van der Waals surface area (Å²) in [5.41, 5.74) is -2.69. The lowest BCUT2D eigenvalue weighted by Gasteiger charge is -2.44. The van der Waals surface area contributed by atoms with Gasteiger partial charge in [0.1, 0.15) is 5.82 Å². The van der Waals surface area contributed by atoms with Gasteiger partial charge < -0.3 is 20.6 Å². The van der Waals surface area contributed by atoms with Crippen molar-refractivity contribution in [2.45, 2.75) is 31.9 Å². The predicted octanol–water partition coefficient (Wildman–Crippen LogP) is 2.88. The quantitative estimate of drug-likeness (QED) is 0.325. The van der Waals surface area contributed by atoms with Crippen molar-refractivity contribution in [1.29, 1.82) is 0 Å². The van der Waals surface area contributed by atoms with Gasteiger partial charge >= 0.3 is 0 Å². The molecule has 34 heavy (non-hydrogen) atoms. The molecule has 1 aliphatic rings. The highest BCUT2D eigenvalue weighted by atomic mass is 127. The third kappa shape index (κ3) is 5.63. The van der Waals surface area contributed by atoms with E-state index in [2.05, 4.69) is 16.0 Å². The first-order valence-corrected chi connectivity index (χ1v) is 11.7. The number of nitrogens with zero attached hydrogens (tertiary/aromatic N) is 1. The molecule has 1 saturated heterocycles. The average Bonchev–Trinajstić information content (AvgIpc) is 2.75. The maximum atomic E-state index is 14.6. The summed E-state index contributed by atoms with van der Waals surface area (Å²) in [4.78, 5) is 26.5. The molecule has 0 radical (unpaired) electrons. The summed E-state index contributed by atoms with van der Waals surface area (Å²) in [6, 6.07) is 6.15. The summed E-state index contributed by atoms with van der Waals surface area (Å²) in [5, 5.41) is 16.8. The van der Waals surface area contributed by atoms with Gasteiger partial charge in [-0.05, 0) is 73.7 Å². The average molecular weight is 591 g/mol. The fourth-order valence-corrected chi connectivity index (χ4v) is 3.99. The molecule has 1 heterocycles. The molecule has 2 aromatic carbocycles. The Morgan fingerprint density at radius 1 is 1.15 bits per heavy atom. The first-order valence-electron chi connectivity index (χ1n) is 10.6. The Morgan fingerprint density at radius 3 is 2.44 bits per heavy atom. The standard InChI is InChI=1S/C23H26F3IN4O3/c1-4-28-21(33)22(2,3)29-10-23(34)11-31(12-23)20(32)14-6-7-15(24)18(26)19(14)30-17-8-5-13(27)9-16(17)25/h5-9,29-30,34H,4,10-12H2,1-3H3,(H,28,33)/p+1. The van der Waals surface area contributed by atoms with Crippen LogP contribution < -0.4 is 16.0 Å². The number of carbonyl (C=O) groups is 2. The van der Waals surface area contributed by atoms with Crippen LogP contribution in [0.25, 0.3) is 0 Å². The second-order valence-corrected chi connectivity index (χ2v) is 10.1. The van der Waals surface area contributed by atoms with Crippen LogP contribution in [0.15, 0.2) is 30.3 Å². The van der Waals surface area contributed by atoms with Crippen molar-refractivity contribution < 1.29 is 27.9 Å².